The van der Waals surface area contributed by atoms with Gasteiger partial charge in [0.05, 0.1) is 17.6 Å². The number of rotatable bonds is 3. The molecule has 0 aromatic carbocycles. The van der Waals surface area contributed by atoms with Crippen molar-refractivity contribution in [2.75, 3.05) is 5.88 Å². The lowest BCUT2D eigenvalue weighted by Gasteiger charge is -2.28. The van der Waals surface area contributed by atoms with Gasteiger partial charge in [0.2, 0.25) is 0 Å². The fourth-order valence-corrected chi connectivity index (χ4v) is 2.81. The molecule has 0 saturated carbocycles. The van der Waals surface area contributed by atoms with Gasteiger partial charge in [0.25, 0.3) is 0 Å². The van der Waals surface area contributed by atoms with E-state index in [2.05, 4.69) is 0 Å². The van der Waals surface area contributed by atoms with Crippen LogP contribution in [0.3, 0.4) is 0 Å². The molecule has 2 aliphatic heterocycles. The second-order valence-corrected chi connectivity index (χ2v) is 4.20. The van der Waals surface area contributed by atoms with Crippen molar-refractivity contribution in [3.8, 4) is 0 Å². The summed E-state index contributed by atoms with van der Waals surface area (Å²) >= 11 is 5.67. The van der Waals surface area contributed by atoms with Crippen molar-refractivity contribution in [2.45, 2.75) is 37.9 Å². The van der Waals surface area contributed by atoms with Crippen molar-refractivity contribution in [1.29, 1.82) is 0 Å². The Bertz CT molecular complexity index is 195. The highest BCUT2D eigenvalue weighted by Gasteiger charge is 2.51. The summed E-state index contributed by atoms with van der Waals surface area (Å²) in [4.78, 5) is 11.0. The van der Waals surface area contributed by atoms with E-state index in [1.165, 1.54) is 0 Å². The molecule has 2 bridgehead atoms. The number of carbonyl (C=O) groups is 1. The second-order valence-electron chi connectivity index (χ2n) is 3.82. The van der Waals surface area contributed by atoms with Crippen molar-refractivity contribution in [1.82, 2.24) is 0 Å². The summed E-state index contributed by atoms with van der Waals surface area (Å²) < 4.78 is 5.64. The van der Waals surface area contributed by atoms with Crippen LogP contribution in [0.4, 0.5) is 0 Å². The number of carbonyl (C=O) groups excluding carboxylic acids is 1. The molecule has 0 amide bonds. The molecule has 2 rings (SSSR count). The molecule has 0 N–H and O–H groups in total. The summed E-state index contributed by atoms with van der Waals surface area (Å²) in [6.45, 7) is 0. The highest BCUT2D eigenvalue weighted by Crippen LogP contribution is 2.48. The lowest BCUT2D eigenvalue weighted by molar-refractivity contribution is -0.119. The topological polar surface area (TPSA) is 26.3 Å². The molecule has 2 aliphatic rings. The van der Waals surface area contributed by atoms with Gasteiger partial charge in [-0.25, -0.2) is 0 Å². The summed E-state index contributed by atoms with van der Waals surface area (Å²) in [6.07, 6.45) is 5.41. The maximum atomic E-state index is 11.0. The van der Waals surface area contributed by atoms with E-state index in [4.69, 9.17) is 16.3 Å². The van der Waals surface area contributed by atoms with E-state index in [9.17, 15) is 4.79 Å². The SMILES string of the molecule is O=CC1(CCCl)CC2CCC1O2. The first kappa shape index (κ1) is 8.52. The van der Waals surface area contributed by atoms with Crippen LogP contribution in [-0.2, 0) is 9.53 Å². The first-order valence-corrected chi connectivity index (χ1v) is 5.02. The lowest BCUT2D eigenvalue weighted by Crippen LogP contribution is -2.34. The van der Waals surface area contributed by atoms with Gasteiger partial charge in [-0.2, -0.15) is 0 Å². The van der Waals surface area contributed by atoms with Crippen molar-refractivity contribution in [3.05, 3.63) is 0 Å². The van der Waals surface area contributed by atoms with Crippen LogP contribution in [0, 0.1) is 5.41 Å². The minimum absolute atomic E-state index is 0.166. The highest BCUT2D eigenvalue weighted by atomic mass is 35.5. The average molecular weight is 189 g/mol. The van der Waals surface area contributed by atoms with Gasteiger partial charge in [0.1, 0.15) is 6.29 Å². The fourth-order valence-electron chi connectivity index (χ4n) is 2.46. The number of hydrogen-bond acceptors (Lipinski definition) is 2. The summed E-state index contributed by atoms with van der Waals surface area (Å²) in [6, 6.07) is 0. The third kappa shape index (κ3) is 1.09. The Morgan fingerprint density at radius 1 is 1.58 bits per heavy atom. The van der Waals surface area contributed by atoms with E-state index in [0.717, 1.165) is 32.0 Å². The summed E-state index contributed by atoms with van der Waals surface area (Å²) in [5.41, 5.74) is -0.231. The molecule has 3 unspecified atom stereocenters. The highest BCUT2D eigenvalue weighted by molar-refractivity contribution is 6.18. The largest absolute Gasteiger partial charge is 0.374 e. The standard InChI is InChI=1S/C9H13ClO2/c10-4-3-9(6-11)5-7-1-2-8(9)12-7/h6-8H,1-5H2. The molecule has 2 saturated heterocycles. The predicted octanol–water partition coefficient (Wildman–Crippen LogP) is 1.75. The number of halogens is 1. The number of ether oxygens (including phenoxy) is 1. The molecule has 3 atom stereocenters. The van der Waals surface area contributed by atoms with Gasteiger partial charge < -0.3 is 9.53 Å². The molecule has 12 heavy (non-hydrogen) atoms. The third-order valence-electron chi connectivity index (χ3n) is 3.15. The van der Waals surface area contributed by atoms with Crippen LogP contribution in [0.25, 0.3) is 0 Å². The fraction of sp³-hybridized carbons (Fsp3) is 0.889. The van der Waals surface area contributed by atoms with Crippen molar-refractivity contribution >= 4 is 17.9 Å². The molecule has 0 radical (unpaired) electrons. The van der Waals surface area contributed by atoms with Crippen LogP contribution in [-0.4, -0.2) is 24.4 Å². The number of aldehydes is 1. The van der Waals surface area contributed by atoms with E-state index in [1.54, 1.807) is 0 Å². The Labute approximate surface area is 77.2 Å². The Balaban J connectivity index is 2.13. The van der Waals surface area contributed by atoms with Gasteiger partial charge in [0.15, 0.2) is 0 Å². The third-order valence-corrected chi connectivity index (χ3v) is 3.34. The van der Waals surface area contributed by atoms with Crippen LogP contribution in [0.2, 0.25) is 0 Å². The Morgan fingerprint density at radius 3 is 2.83 bits per heavy atom. The Morgan fingerprint density at radius 2 is 2.42 bits per heavy atom. The predicted molar refractivity (Wildman–Crippen MR) is 46.3 cm³/mol. The molecular formula is C9H13ClO2. The van der Waals surface area contributed by atoms with Crippen molar-refractivity contribution < 1.29 is 9.53 Å². The van der Waals surface area contributed by atoms with Gasteiger partial charge in [-0.05, 0) is 25.7 Å². The van der Waals surface area contributed by atoms with E-state index in [1.807, 2.05) is 0 Å². The summed E-state index contributed by atoms with van der Waals surface area (Å²) in [5, 5.41) is 0. The zero-order valence-electron chi connectivity index (χ0n) is 6.96. The summed E-state index contributed by atoms with van der Waals surface area (Å²) in [7, 11) is 0. The molecule has 3 heteroatoms. The number of hydrogen-bond donors (Lipinski definition) is 0. The van der Waals surface area contributed by atoms with Gasteiger partial charge >= 0.3 is 0 Å². The molecule has 0 aromatic rings. The van der Waals surface area contributed by atoms with Gasteiger partial charge in [-0.1, -0.05) is 0 Å². The van der Waals surface area contributed by atoms with Crippen LogP contribution in [0.15, 0.2) is 0 Å². The van der Waals surface area contributed by atoms with Crippen LogP contribution in [0.5, 0.6) is 0 Å². The molecule has 2 heterocycles. The molecule has 0 aromatic heterocycles. The smallest absolute Gasteiger partial charge is 0.128 e. The van der Waals surface area contributed by atoms with Crippen molar-refractivity contribution in [2.24, 2.45) is 5.41 Å². The normalized spacial score (nSPS) is 45.1. The van der Waals surface area contributed by atoms with Crippen LogP contribution in [0.1, 0.15) is 25.7 Å². The van der Waals surface area contributed by atoms with Crippen LogP contribution >= 0.6 is 11.6 Å². The zero-order chi connectivity index (χ0) is 8.60. The quantitative estimate of drug-likeness (QED) is 0.498. The van der Waals surface area contributed by atoms with Gasteiger partial charge in [0, 0.05) is 5.88 Å². The number of alkyl halides is 1. The molecule has 0 spiro atoms. The summed E-state index contributed by atoms with van der Waals surface area (Å²) in [5.74, 6) is 0.561. The maximum Gasteiger partial charge on any atom is 0.128 e. The Kier molecular flexibility index (Phi) is 2.13. The molecule has 2 fully saturated rings. The van der Waals surface area contributed by atoms with E-state index < -0.39 is 0 Å². The van der Waals surface area contributed by atoms with Gasteiger partial charge in [-0.15, -0.1) is 11.6 Å². The first-order chi connectivity index (χ1) is 5.80. The van der Waals surface area contributed by atoms with E-state index in [-0.39, 0.29) is 11.5 Å². The first-order valence-electron chi connectivity index (χ1n) is 4.48. The van der Waals surface area contributed by atoms with Crippen LogP contribution < -0.4 is 0 Å². The monoisotopic (exact) mass is 188 g/mol. The molecule has 0 aliphatic carbocycles. The zero-order valence-corrected chi connectivity index (χ0v) is 7.72. The molecule has 68 valence electrons. The van der Waals surface area contributed by atoms with E-state index >= 15 is 0 Å². The second kappa shape index (κ2) is 3.00. The maximum absolute atomic E-state index is 11.0. The lowest BCUT2D eigenvalue weighted by atomic mass is 9.73. The number of fused-ring (bicyclic) bond motifs is 2. The molecular weight excluding hydrogens is 176 g/mol. The van der Waals surface area contributed by atoms with Gasteiger partial charge in [-0.3, -0.25) is 0 Å². The minimum Gasteiger partial charge on any atom is -0.374 e. The van der Waals surface area contributed by atoms with Crippen molar-refractivity contribution in [3.63, 3.8) is 0 Å². The molecule has 2 nitrogen and oxygen atoms in total. The minimum atomic E-state index is -0.231. The average Bonchev–Trinajstić information content (AvgIpc) is 2.64. The Hall–Kier alpha value is -0.0800. The van der Waals surface area contributed by atoms with E-state index in [0.29, 0.717) is 12.0 Å².